The number of rotatable bonds is 10. The Labute approximate surface area is 261 Å². The molecule has 9 heteroatoms. The molecule has 45 heavy (non-hydrogen) atoms. The molecule has 0 N–H and O–H groups in total. The molecule has 0 amide bonds. The summed E-state index contributed by atoms with van der Waals surface area (Å²) in [6.45, 7) is 0.865. The molecular formula is C36H32N4O5. The predicted octanol–water partition coefficient (Wildman–Crippen LogP) is 6.47. The third-order valence-electron chi connectivity index (χ3n) is 7.95. The molecule has 2 aliphatic rings. The molecule has 4 aromatic carbocycles. The zero-order chi connectivity index (χ0) is 30.6. The maximum atomic E-state index is 6.14. The maximum absolute atomic E-state index is 6.14. The molecule has 226 valence electrons. The highest BCUT2D eigenvalue weighted by Crippen LogP contribution is 2.31. The topological polar surface area (TPSA) is 101 Å². The lowest BCUT2D eigenvalue weighted by Crippen LogP contribution is -2.19. The maximum Gasteiger partial charge on any atom is 0.248 e. The normalized spacial score (nSPS) is 18.9. The predicted molar refractivity (Wildman–Crippen MR) is 170 cm³/mol. The van der Waals surface area contributed by atoms with Crippen LogP contribution in [-0.2, 0) is 18.9 Å². The van der Waals surface area contributed by atoms with Crippen LogP contribution in [0.3, 0.4) is 0 Å². The molecule has 4 atom stereocenters. The summed E-state index contributed by atoms with van der Waals surface area (Å²) < 4.78 is 29.7. The Morgan fingerprint density at radius 3 is 1.40 bits per heavy atom. The summed E-state index contributed by atoms with van der Waals surface area (Å²) in [5, 5.41) is 8.68. The molecule has 5 aromatic rings. The summed E-state index contributed by atoms with van der Waals surface area (Å²) in [5.41, 5.74) is 5.31. The lowest BCUT2D eigenvalue weighted by molar-refractivity contribution is 0.0717. The van der Waals surface area contributed by atoms with Gasteiger partial charge in [0.1, 0.15) is 37.5 Å². The number of benzene rings is 4. The lowest BCUT2D eigenvalue weighted by Gasteiger charge is -2.18. The smallest absolute Gasteiger partial charge is 0.248 e. The zero-order valence-corrected chi connectivity index (χ0v) is 24.9. The molecule has 1 aromatic heterocycles. The van der Waals surface area contributed by atoms with Crippen LogP contribution in [0.1, 0.15) is 34.5 Å². The van der Waals surface area contributed by atoms with Gasteiger partial charge >= 0.3 is 0 Å². The van der Waals surface area contributed by atoms with E-state index in [4.69, 9.17) is 33.3 Å². The van der Waals surface area contributed by atoms with E-state index in [1.807, 2.05) is 109 Å². The average molecular weight is 601 g/mol. The SMILES string of the molecule is CO[C@@H](c1ccccc1)[C@H]1COC(c2cccc(-c3nnc(-c4cccc(C5=N[C@@H]([C@@H](OC)c6ccccc6)CO5)c4)o3)c2)=N1. The second kappa shape index (κ2) is 12.9. The molecule has 0 saturated heterocycles. The summed E-state index contributed by atoms with van der Waals surface area (Å²) in [6, 6.07) is 35.3. The summed E-state index contributed by atoms with van der Waals surface area (Å²) in [5.74, 6) is 1.91. The Hall–Kier alpha value is -5.12. The minimum Gasteiger partial charge on any atom is -0.475 e. The van der Waals surface area contributed by atoms with E-state index in [2.05, 4.69) is 10.2 Å². The standard InChI is InChI=1S/C36H32N4O5/c1-41-31(23-11-5-3-6-12-23)29-21-43-33(37-29)25-15-9-17-27(19-25)35-39-40-36(45-35)28-18-10-16-26(20-28)34-38-30(22-44-34)32(42-2)24-13-7-4-8-14-24/h3-20,29-32H,21-22H2,1-2H3/t29-,30-,31+,32+/m1/s1. The van der Waals surface area contributed by atoms with Crippen molar-refractivity contribution in [1.29, 1.82) is 0 Å². The fourth-order valence-corrected chi connectivity index (χ4v) is 5.75. The number of hydrogen-bond acceptors (Lipinski definition) is 9. The third kappa shape index (κ3) is 6.00. The van der Waals surface area contributed by atoms with Gasteiger partial charge in [-0.1, -0.05) is 72.8 Å². The Morgan fingerprint density at radius 2 is 0.978 bits per heavy atom. The van der Waals surface area contributed by atoms with E-state index in [0.717, 1.165) is 33.4 Å². The second-order valence-corrected chi connectivity index (χ2v) is 10.8. The molecule has 0 radical (unpaired) electrons. The van der Waals surface area contributed by atoms with Crippen LogP contribution >= 0.6 is 0 Å². The fourth-order valence-electron chi connectivity index (χ4n) is 5.75. The highest BCUT2D eigenvalue weighted by molar-refractivity contribution is 5.97. The van der Waals surface area contributed by atoms with Gasteiger partial charge in [-0.05, 0) is 47.5 Å². The van der Waals surface area contributed by atoms with Crippen LogP contribution < -0.4 is 0 Å². The van der Waals surface area contributed by atoms with Crippen molar-refractivity contribution < 1.29 is 23.4 Å². The van der Waals surface area contributed by atoms with Gasteiger partial charge in [0.15, 0.2) is 0 Å². The number of hydrogen-bond donors (Lipinski definition) is 0. The molecule has 0 unspecified atom stereocenters. The third-order valence-corrected chi connectivity index (χ3v) is 7.95. The Bertz CT molecular complexity index is 1690. The summed E-state index contributed by atoms with van der Waals surface area (Å²) in [7, 11) is 3.39. The van der Waals surface area contributed by atoms with Crippen LogP contribution in [0.5, 0.6) is 0 Å². The summed E-state index contributed by atoms with van der Waals surface area (Å²) in [6.07, 6.45) is -0.393. The van der Waals surface area contributed by atoms with E-state index in [0.29, 0.717) is 36.8 Å². The number of ether oxygens (including phenoxy) is 4. The molecule has 0 fully saturated rings. The fraction of sp³-hybridized carbons (Fsp3) is 0.222. The van der Waals surface area contributed by atoms with Crippen LogP contribution in [0, 0.1) is 0 Å². The second-order valence-electron chi connectivity index (χ2n) is 10.8. The van der Waals surface area contributed by atoms with Crippen LogP contribution in [0.4, 0.5) is 0 Å². The minimum absolute atomic E-state index is 0.152. The first-order valence-electron chi connectivity index (χ1n) is 14.8. The number of nitrogens with zero attached hydrogens (tertiary/aromatic N) is 4. The van der Waals surface area contributed by atoms with E-state index >= 15 is 0 Å². The Morgan fingerprint density at radius 1 is 0.556 bits per heavy atom. The molecule has 0 bridgehead atoms. The lowest BCUT2D eigenvalue weighted by atomic mass is 10.0. The highest BCUT2D eigenvalue weighted by Gasteiger charge is 2.31. The van der Waals surface area contributed by atoms with Crippen molar-refractivity contribution >= 4 is 11.8 Å². The number of aliphatic imine (C=N–C) groups is 2. The van der Waals surface area contributed by atoms with E-state index < -0.39 is 0 Å². The average Bonchev–Trinajstić information content (AvgIpc) is 3.89. The van der Waals surface area contributed by atoms with E-state index in [-0.39, 0.29) is 24.3 Å². The number of aromatic nitrogens is 2. The quantitative estimate of drug-likeness (QED) is 0.181. The molecule has 0 saturated carbocycles. The Balaban J connectivity index is 1.09. The van der Waals surface area contributed by atoms with Gasteiger partial charge in [-0.3, -0.25) is 0 Å². The molecular weight excluding hydrogens is 568 g/mol. The van der Waals surface area contributed by atoms with Gasteiger partial charge in [-0.15, -0.1) is 10.2 Å². The van der Waals surface area contributed by atoms with Crippen LogP contribution in [0.15, 0.2) is 124 Å². The molecule has 2 aliphatic heterocycles. The minimum atomic E-state index is -0.196. The van der Waals surface area contributed by atoms with E-state index in [1.54, 1.807) is 14.2 Å². The molecule has 7 rings (SSSR count). The largest absolute Gasteiger partial charge is 0.475 e. The van der Waals surface area contributed by atoms with Gasteiger partial charge in [0.2, 0.25) is 23.6 Å². The van der Waals surface area contributed by atoms with Crippen molar-refractivity contribution in [2.24, 2.45) is 9.98 Å². The monoisotopic (exact) mass is 600 g/mol. The first kappa shape index (κ1) is 28.6. The van der Waals surface area contributed by atoms with Crippen molar-refractivity contribution in [2.75, 3.05) is 27.4 Å². The van der Waals surface area contributed by atoms with Gasteiger partial charge in [-0.25, -0.2) is 9.98 Å². The molecule has 9 nitrogen and oxygen atoms in total. The molecule has 0 spiro atoms. The number of methoxy groups -OCH3 is 2. The van der Waals surface area contributed by atoms with Crippen molar-refractivity contribution in [3.05, 3.63) is 131 Å². The van der Waals surface area contributed by atoms with Gasteiger partial charge in [0, 0.05) is 36.5 Å². The van der Waals surface area contributed by atoms with E-state index in [1.165, 1.54) is 0 Å². The summed E-state index contributed by atoms with van der Waals surface area (Å²) in [4.78, 5) is 9.70. The first-order valence-corrected chi connectivity index (χ1v) is 14.8. The van der Waals surface area contributed by atoms with Gasteiger partial charge < -0.3 is 23.4 Å². The zero-order valence-electron chi connectivity index (χ0n) is 24.9. The van der Waals surface area contributed by atoms with Crippen molar-refractivity contribution in [2.45, 2.75) is 24.3 Å². The van der Waals surface area contributed by atoms with Gasteiger partial charge in [0.25, 0.3) is 0 Å². The summed E-state index contributed by atoms with van der Waals surface area (Å²) >= 11 is 0. The van der Waals surface area contributed by atoms with Crippen molar-refractivity contribution in [1.82, 2.24) is 10.2 Å². The van der Waals surface area contributed by atoms with Crippen molar-refractivity contribution in [3.63, 3.8) is 0 Å². The van der Waals surface area contributed by atoms with Crippen molar-refractivity contribution in [3.8, 4) is 22.9 Å². The van der Waals surface area contributed by atoms with Crippen LogP contribution in [0.2, 0.25) is 0 Å². The van der Waals surface area contributed by atoms with Gasteiger partial charge in [0.05, 0.1) is 0 Å². The Kier molecular flexibility index (Phi) is 8.18. The molecule has 0 aliphatic carbocycles. The van der Waals surface area contributed by atoms with E-state index in [9.17, 15) is 0 Å². The first-order chi connectivity index (χ1) is 22.2. The van der Waals surface area contributed by atoms with Crippen LogP contribution in [-0.4, -0.2) is 61.5 Å². The van der Waals surface area contributed by atoms with Crippen LogP contribution in [0.25, 0.3) is 22.9 Å². The molecule has 3 heterocycles. The highest BCUT2D eigenvalue weighted by atomic mass is 16.5. The van der Waals surface area contributed by atoms with Gasteiger partial charge in [-0.2, -0.15) is 0 Å².